The van der Waals surface area contributed by atoms with Crippen LogP contribution in [0.4, 0.5) is 18.9 Å². The predicted molar refractivity (Wildman–Crippen MR) is 109 cm³/mol. The molecule has 0 aliphatic carbocycles. The average molecular weight is 454 g/mol. The predicted octanol–water partition coefficient (Wildman–Crippen LogP) is 4.02. The van der Waals surface area contributed by atoms with Crippen LogP contribution in [0.2, 0.25) is 0 Å². The molecule has 0 saturated heterocycles. The van der Waals surface area contributed by atoms with Crippen molar-refractivity contribution in [3.8, 4) is 0 Å². The Morgan fingerprint density at radius 3 is 2.26 bits per heavy atom. The Morgan fingerprint density at radius 1 is 1.10 bits per heavy atom. The number of hydrogen-bond acceptors (Lipinski definition) is 4. The number of carbonyl (C=O) groups excluding carboxylic acids is 1. The van der Waals surface area contributed by atoms with Gasteiger partial charge < -0.3 is 5.32 Å². The third-order valence-electron chi connectivity index (χ3n) is 4.69. The van der Waals surface area contributed by atoms with Crippen LogP contribution < -0.4 is 5.32 Å². The standard InChI is InChI=1S/C20H21F3N4O3S/c1-19(2,3)26(4)31(29,30)18-16(20(21,22)23)25-15-12-13(10-11-27(15)18)17(28)24-14-8-6-5-7-9-14/h5-12H,1-4H3,(H,24,28). The number of para-hydroxylation sites is 1. The Labute approximate surface area is 177 Å². The van der Waals surface area contributed by atoms with Gasteiger partial charge in [-0.15, -0.1) is 0 Å². The Balaban J connectivity index is 2.14. The van der Waals surface area contributed by atoms with Gasteiger partial charge in [-0.05, 0) is 45.0 Å². The molecule has 0 saturated carbocycles. The van der Waals surface area contributed by atoms with Crippen LogP contribution in [0.15, 0.2) is 53.7 Å². The van der Waals surface area contributed by atoms with Crippen molar-refractivity contribution in [1.82, 2.24) is 13.7 Å². The normalized spacial score (nSPS) is 13.0. The summed E-state index contributed by atoms with van der Waals surface area (Å²) >= 11 is 0. The smallest absolute Gasteiger partial charge is 0.322 e. The molecule has 3 rings (SSSR count). The van der Waals surface area contributed by atoms with Crippen LogP contribution in [0.1, 0.15) is 36.8 Å². The Hall–Kier alpha value is -2.92. The number of pyridine rings is 1. The number of sulfonamides is 1. The van der Waals surface area contributed by atoms with E-state index in [9.17, 15) is 26.4 Å². The minimum atomic E-state index is -5.01. The first-order valence-electron chi connectivity index (χ1n) is 9.17. The van der Waals surface area contributed by atoms with Gasteiger partial charge in [0.25, 0.3) is 15.9 Å². The molecule has 0 aliphatic heterocycles. The number of benzene rings is 1. The van der Waals surface area contributed by atoms with E-state index in [1.807, 2.05) is 0 Å². The molecule has 2 heterocycles. The molecule has 1 amide bonds. The van der Waals surface area contributed by atoms with Gasteiger partial charge >= 0.3 is 6.18 Å². The summed E-state index contributed by atoms with van der Waals surface area (Å²) in [6, 6.07) is 10.9. The lowest BCUT2D eigenvalue weighted by Crippen LogP contribution is -2.43. The minimum absolute atomic E-state index is 0.0307. The number of halogens is 3. The zero-order valence-electron chi connectivity index (χ0n) is 17.2. The molecule has 7 nitrogen and oxygen atoms in total. The van der Waals surface area contributed by atoms with Gasteiger partial charge in [0.05, 0.1) is 0 Å². The third kappa shape index (κ3) is 4.42. The number of amides is 1. The summed E-state index contributed by atoms with van der Waals surface area (Å²) in [5.41, 5.74) is -2.29. The third-order valence-corrected chi connectivity index (χ3v) is 6.84. The van der Waals surface area contributed by atoms with E-state index in [4.69, 9.17) is 0 Å². The highest BCUT2D eigenvalue weighted by atomic mass is 32.2. The summed E-state index contributed by atoms with van der Waals surface area (Å²) < 4.78 is 68.9. The van der Waals surface area contributed by atoms with Crippen molar-refractivity contribution in [1.29, 1.82) is 0 Å². The average Bonchev–Trinajstić information content (AvgIpc) is 3.07. The number of aromatic nitrogens is 2. The molecule has 0 unspecified atom stereocenters. The number of imidazole rings is 1. The number of rotatable bonds is 4. The largest absolute Gasteiger partial charge is 0.436 e. The fraction of sp³-hybridized carbons (Fsp3) is 0.300. The lowest BCUT2D eigenvalue weighted by molar-refractivity contribution is -0.143. The van der Waals surface area contributed by atoms with Gasteiger partial charge in [0, 0.05) is 30.0 Å². The fourth-order valence-corrected chi connectivity index (χ4v) is 4.60. The summed E-state index contributed by atoms with van der Waals surface area (Å²) in [7, 11) is -3.36. The second-order valence-corrected chi connectivity index (χ2v) is 9.75. The lowest BCUT2D eigenvalue weighted by Gasteiger charge is -2.30. The zero-order chi connectivity index (χ0) is 23.2. The Kier molecular flexibility index (Phi) is 5.61. The first-order chi connectivity index (χ1) is 14.2. The summed E-state index contributed by atoms with van der Waals surface area (Å²) in [5.74, 6) is -0.568. The van der Waals surface area contributed by atoms with E-state index in [-0.39, 0.29) is 11.2 Å². The van der Waals surface area contributed by atoms with Gasteiger partial charge in [0.15, 0.2) is 10.7 Å². The molecule has 0 fully saturated rings. The molecule has 0 bridgehead atoms. The van der Waals surface area contributed by atoms with E-state index >= 15 is 0 Å². The first kappa shape index (κ1) is 22.8. The monoisotopic (exact) mass is 454 g/mol. The number of nitrogens with zero attached hydrogens (tertiary/aromatic N) is 3. The van der Waals surface area contributed by atoms with Gasteiger partial charge in [0.2, 0.25) is 0 Å². The summed E-state index contributed by atoms with van der Waals surface area (Å²) in [4.78, 5) is 16.0. The topological polar surface area (TPSA) is 83.8 Å². The van der Waals surface area contributed by atoms with Crippen LogP contribution in [-0.2, 0) is 16.2 Å². The quantitative estimate of drug-likeness (QED) is 0.645. The fourth-order valence-electron chi connectivity index (χ4n) is 2.81. The SMILES string of the molecule is CN(C(C)(C)C)S(=O)(=O)c1c(C(F)(F)F)nc2cc(C(=O)Nc3ccccc3)ccn12. The molecule has 2 aromatic heterocycles. The molecule has 11 heteroatoms. The molecular formula is C20H21F3N4O3S. The van der Waals surface area contributed by atoms with E-state index in [0.717, 1.165) is 21.0 Å². The van der Waals surface area contributed by atoms with Crippen molar-refractivity contribution in [2.75, 3.05) is 12.4 Å². The molecule has 166 valence electrons. The second kappa shape index (κ2) is 7.65. The van der Waals surface area contributed by atoms with Crippen molar-refractivity contribution < 1.29 is 26.4 Å². The number of fused-ring (bicyclic) bond motifs is 1. The van der Waals surface area contributed by atoms with Gasteiger partial charge in [-0.25, -0.2) is 13.4 Å². The number of nitrogens with one attached hydrogen (secondary N) is 1. The van der Waals surface area contributed by atoms with Crippen LogP contribution in [0.3, 0.4) is 0 Å². The second-order valence-electron chi connectivity index (χ2n) is 7.87. The van der Waals surface area contributed by atoms with Crippen molar-refractivity contribution in [3.05, 3.63) is 59.9 Å². The van der Waals surface area contributed by atoms with E-state index in [2.05, 4.69) is 10.3 Å². The van der Waals surface area contributed by atoms with E-state index in [1.54, 1.807) is 51.1 Å². The molecule has 31 heavy (non-hydrogen) atoms. The highest BCUT2D eigenvalue weighted by Crippen LogP contribution is 2.36. The van der Waals surface area contributed by atoms with E-state index in [1.165, 1.54) is 13.1 Å². The van der Waals surface area contributed by atoms with Crippen LogP contribution >= 0.6 is 0 Å². The Bertz CT molecular complexity index is 1230. The molecular weight excluding hydrogens is 433 g/mol. The van der Waals surface area contributed by atoms with Crippen LogP contribution in [-0.4, -0.2) is 40.6 Å². The molecule has 0 aliphatic rings. The van der Waals surface area contributed by atoms with Gasteiger partial charge in [-0.3, -0.25) is 9.20 Å². The van der Waals surface area contributed by atoms with Gasteiger partial charge in [-0.2, -0.15) is 17.5 Å². The summed E-state index contributed by atoms with van der Waals surface area (Å²) in [6.45, 7) is 4.69. The number of anilines is 1. The molecule has 0 atom stereocenters. The highest BCUT2D eigenvalue weighted by Gasteiger charge is 2.45. The number of carbonyl (C=O) groups is 1. The lowest BCUT2D eigenvalue weighted by atomic mass is 10.1. The van der Waals surface area contributed by atoms with Gasteiger partial charge in [0.1, 0.15) is 5.65 Å². The molecule has 1 aromatic carbocycles. The van der Waals surface area contributed by atoms with Crippen molar-refractivity contribution in [2.24, 2.45) is 0 Å². The zero-order valence-corrected chi connectivity index (χ0v) is 18.0. The summed E-state index contributed by atoms with van der Waals surface area (Å²) in [5, 5.41) is 1.62. The summed E-state index contributed by atoms with van der Waals surface area (Å²) in [6.07, 6.45) is -3.92. The molecule has 1 N–H and O–H groups in total. The Morgan fingerprint density at radius 2 is 1.71 bits per heavy atom. The highest BCUT2D eigenvalue weighted by molar-refractivity contribution is 7.89. The maximum Gasteiger partial charge on any atom is 0.436 e. The van der Waals surface area contributed by atoms with Gasteiger partial charge in [-0.1, -0.05) is 18.2 Å². The molecule has 3 aromatic rings. The molecule has 0 radical (unpaired) electrons. The van der Waals surface area contributed by atoms with E-state index < -0.39 is 38.4 Å². The van der Waals surface area contributed by atoms with Crippen molar-refractivity contribution in [2.45, 2.75) is 37.5 Å². The van der Waals surface area contributed by atoms with Crippen molar-refractivity contribution >= 4 is 27.3 Å². The van der Waals surface area contributed by atoms with Crippen LogP contribution in [0.25, 0.3) is 5.65 Å². The number of alkyl halides is 3. The maximum absolute atomic E-state index is 13.7. The van der Waals surface area contributed by atoms with Crippen LogP contribution in [0.5, 0.6) is 0 Å². The molecule has 0 spiro atoms. The first-order valence-corrected chi connectivity index (χ1v) is 10.6. The minimum Gasteiger partial charge on any atom is -0.322 e. The maximum atomic E-state index is 13.7. The van der Waals surface area contributed by atoms with E-state index in [0.29, 0.717) is 5.69 Å². The van der Waals surface area contributed by atoms with Crippen LogP contribution in [0, 0.1) is 0 Å². The number of hydrogen-bond donors (Lipinski definition) is 1. The van der Waals surface area contributed by atoms with Crippen molar-refractivity contribution in [3.63, 3.8) is 0 Å².